The molecule has 0 spiro atoms. The van der Waals surface area contributed by atoms with Gasteiger partial charge in [0.1, 0.15) is 11.6 Å². The molecular weight excluding hydrogens is 481 g/mol. The molecule has 0 saturated heterocycles. The Hall–Kier alpha value is -4.18. The van der Waals surface area contributed by atoms with Gasteiger partial charge in [-0.2, -0.15) is 0 Å². The molecule has 0 fully saturated rings. The van der Waals surface area contributed by atoms with Crippen LogP contribution in [0, 0.1) is 5.82 Å². The molecule has 3 aromatic carbocycles. The molecule has 10 heteroatoms. The molecule has 0 unspecified atom stereocenters. The summed E-state index contributed by atoms with van der Waals surface area (Å²) in [5.74, 6) is 0.546. The maximum absolute atomic E-state index is 13.1. The van der Waals surface area contributed by atoms with Gasteiger partial charge < -0.3 is 15.4 Å². The number of hydrogen-bond acceptors (Lipinski definition) is 6. The number of halogens is 1. The average Bonchev–Trinajstić information content (AvgIpc) is 3.31. The highest BCUT2D eigenvalue weighted by Crippen LogP contribution is 2.22. The van der Waals surface area contributed by atoms with E-state index >= 15 is 0 Å². The topological polar surface area (TPSA) is 98.1 Å². The minimum atomic E-state index is -0.373. The van der Waals surface area contributed by atoms with Crippen LogP contribution >= 0.6 is 11.8 Å². The van der Waals surface area contributed by atoms with E-state index < -0.39 is 0 Å². The Morgan fingerprint density at radius 2 is 1.67 bits per heavy atom. The number of nitrogens with zero attached hydrogens (tertiary/aromatic N) is 3. The molecule has 8 nitrogen and oxygen atoms in total. The largest absolute Gasteiger partial charge is 0.497 e. The lowest BCUT2D eigenvalue weighted by Crippen LogP contribution is -2.26. The van der Waals surface area contributed by atoms with Gasteiger partial charge in [0.2, 0.25) is 11.8 Å². The van der Waals surface area contributed by atoms with Crippen molar-refractivity contribution in [2.45, 2.75) is 18.1 Å². The molecule has 1 aromatic heterocycles. The summed E-state index contributed by atoms with van der Waals surface area (Å²) in [6.45, 7) is 0.166. The van der Waals surface area contributed by atoms with Crippen LogP contribution in [-0.2, 0) is 22.6 Å². The maximum atomic E-state index is 13.1. The highest BCUT2D eigenvalue weighted by Gasteiger charge is 2.17. The van der Waals surface area contributed by atoms with E-state index in [-0.39, 0.29) is 36.4 Å². The van der Waals surface area contributed by atoms with Crippen LogP contribution in [-0.4, -0.2) is 39.4 Å². The molecule has 0 saturated carbocycles. The quantitative estimate of drug-likeness (QED) is 0.316. The van der Waals surface area contributed by atoms with E-state index in [1.54, 1.807) is 7.11 Å². The maximum Gasteiger partial charge on any atom is 0.234 e. The Labute approximate surface area is 211 Å². The molecule has 36 heavy (non-hydrogen) atoms. The Balaban J connectivity index is 1.41. The summed E-state index contributed by atoms with van der Waals surface area (Å²) in [5, 5.41) is 14.6. The molecule has 0 aliphatic rings. The van der Waals surface area contributed by atoms with E-state index in [2.05, 4.69) is 20.8 Å². The first kappa shape index (κ1) is 24.9. The molecule has 2 amide bonds. The van der Waals surface area contributed by atoms with Gasteiger partial charge in [0.15, 0.2) is 11.0 Å². The second-order valence-electron chi connectivity index (χ2n) is 7.72. The van der Waals surface area contributed by atoms with Crippen LogP contribution in [0.2, 0.25) is 0 Å². The molecule has 4 aromatic rings. The molecule has 0 bridgehead atoms. The molecule has 0 radical (unpaired) electrons. The Bertz CT molecular complexity index is 1310. The number of thioether (sulfide) groups is 1. The molecule has 0 atom stereocenters. The van der Waals surface area contributed by atoms with Crippen molar-refractivity contribution >= 4 is 29.3 Å². The van der Waals surface area contributed by atoms with Gasteiger partial charge in [-0.15, -0.1) is 10.2 Å². The summed E-state index contributed by atoms with van der Waals surface area (Å²) in [6.07, 6.45) is 0.217. The number of hydrogen-bond donors (Lipinski definition) is 2. The van der Waals surface area contributed by atoms with Gasteiger partial charge >= 0.3 is 0 Å². The van der Waals surface area contributed by atoms with Gasteiger partial charge in [0, 0.05) is 11.4 Å². The fraction of sp³-hybridized carbons (Fsp3) is 0.154. The third kappa shape index (κ3) is 6.70. The molecular formula is C26H24FN5O3S. The van der Waals surface area contributed by atoms with Crippen LogP contribution in [0.1, 0.15) is 11.4 Å². The zero-order valence-corrected chi connectivity index (χ0v) is 20.3. The molecule has 1 heterocycles. The first-order valence-corrected chi connectivity index (χ1v) is 12.1. The van der Waals surface area contributed by atoms with Crippen molar-refractivity contribution in [2.75, 3.05) is 18.2 Å². The first-order chi connectivity index (χ1) is 17.5. The van der Waals surface area contributed by atoms with Crippen molar-refractivity contribution in [3.63, 3.8) is 0 Å². The van der Waals surface area contributed by atoms with Gasteiger partial charge in [0.05, 0.1) is 25.8 Å². The lowest BCUT2D eigenvalue weighted by molar-refractivity contribution is -0.120. The summed E-state index contributed by atoms with van der Waals surface area (Å²) < 4.78 is 20.0. The number of carbonyl (C=O) groups excluding carboxylic acids is 2. The predicted octanol–water partition coefficient (Wildman–Crippen LogP) is 4.00. The number of carbonyl (C=O) groups is 2. The zero-order valence-electron chi connectivity index (χ0n) is 19.5. The Morgan fingerprint density at radius 3 is 2.36 bits per heavy atom. The SMILES string of the molecule is COc1ccc(CC(=O)NCc2nnc(SCC(=O)Nc3ccc(F)cc3)n2-c2ccccc2)cc1. The lowest BCUT2D eigenvalue weighted by atomic mass is 10.1. The number of amides is 2. The zero-order chi connectivity index (χ0) is 25.3. The number of para-hydroxylation sites is 1. The van der Waals surface area contributed by atoms with Crippen LogP contribution in [0.15, 0.2) is 84.0 Å². The molecule has 4 rings (SSSR count). The number of nitrogens with one attached hydrogen (secondary N) is 2. The summed E-state index contributed by atoms with van der Waals surface area (Å²) in [5.41, 5.74) is 2.18. The van der Waals surface area contributed by atoms with Gasteiger partial charge in [-0.1, -0.05) is 42.1 Å². The van der Waals surface area contributed by atoms with E-state index in [9.17, 15) is 14.0 Å². The fourth-order valence-electron chi connectivity index (χ4n) is 3.37. The first-order valence-electron chi connectivity index (χ1n) is 11.1. The highest BCUT2D eigenvalue weighted by molar-refractivity contribution is 7.99. The van der Waals surface area contributed by atoms with Crippen molar-refractivity contribution in [3.8, 4) is 11.4 Å². The average molecular weight is 506 g/mol. The molecule has 184 valence electrons. The standard InChI is InChI=1S/C26H24FN5O3S/c1-35-22-13-7-18(8-14-22)15-24(33)28-16-23-30-31-26(32(23)21-5-3-2-4-6-21)36-17-25(34)29-20-11-9-19(27)10-12-20/h2-14H,15-17H2,1H3,(H,28,33)(H,29,34). The monoisotopic (exact) mass is 505 g/mol. The minimum absolute atomic E-state index is 0.0756. The third-order valence-corrected chi connectivity index (χ3v) is 6.07. The summed E-state index contributed by atoms with van der Waals surface area (Å²) in [6, 6.07) is 22.3. The second kappa shape index (κ2) is 12.0. The highest BCUT2D eigenvalue weighted by atomic mass is 32.2. The minimum Gasteiger partial charge on any atom is -0.497 e. The normalized spacial score (nSPS) is 10.6. The van der Waals surface area contributed by atoms with Crippen LogP contribution in [0.3, 0.4) is 0 Å². The van der Waals surface area contributed by atoms with Crippen molar-refractivity contribution in [3.05, 3.63) is 96.1 Å². The van der Waals surface area contributed by atoms with Crippen molar-refractivity contribution < 1.29 is 18.7 Å². The van der Waals surface area contributed by atoms with Crippen molar-refractivity contribution in [1.82, 2.24) is 20.1 Å². The van der Waals surface area contributed by atoms with Gasteiger partial charge in [-0.3, -0.25) is 14.2 Å². The lowest BCUT2D eigenvalue weighted by Gasteiger charge is -2.11. The Kier molecular flexibility index (Phi) is 8.30. The number of anilines is 1. The van der Waals surface area contributed by atoms with Crippen LogP contribution in [0.25, 0.3) is 5.69 Å². The van der Waals surface area contributed by atoms with E-state index in [4.69, 9.17) is 4.74 Å². The summed E-state index contributed by atoms with van der Waals surface area (Å²) in [7, 11) is 1.59. The summed E-state index contributed by atoms with van der Waals surface area (Å²) in [4.78, 5) is 24.9. The van der Waals surface area contributed by atoms with E-state index in [1.807, 2.05) is 59.2 Å². The van der Waals surface area contributed by atoms with E-state index in [0.717, 1.165) is 17.0 Å². The van der Waals surface area contributed by atoms with Gasteiger partial charge in [-0.05, 0) is 54.1 Å². The third-order valence-electron chi connectivity index (χ3n) is 5.14. The smallest absolute Gasteiger partial charge is 0.234 e. The summed E-state index contributed by atoms with van der Waals surface area (Å²) >= 11 is 1.21. The molecule has 0 aliphatic carbocycles. The number of ether oxygens (including phenoxy) is 1. The fourth-order valence-corrected chi connectivity index (χ4v) is 4.14. The van der Waals surface area contributed by atoms with Crippen molar-refractivity contribution in [1.29, 1.82) is 0 Å². The van der Waals surface area contributed by atoms with E-state index in [0.29, 0.717) is 16.7 Å². The van der Waals surface area contributed by atoms with E-state index in [1.165, 1.54) is 36.0 Å². The van der Waals surface area contributed by atoms with Crippen LogP contribution in [0.5, 0.6) is 5.75 Å². The predicted molar refractivity (Wildman–Crippen MR) is 136 cm³/mol. The second-order valence-corrected chi connectivity index (χ2v) is 8.66. The number of methoxy groups -OCH3 is 1. The number of benzene rings is 3. The Morgan fingerprint density at radius 1 is 0.944 bits per heavy atom. The van der Waals surface area contributed by atoms with Gasteiger partial charge in [-0.25, -0.2) is 4.39 Å². The molecule has 0 aliphatic heterocycles. The van der Waals surface area contributed by atoms with Crippen LogP contribution in [0.4, 0.5) is 10.1 Å². The van der Waals surface area contributed by atoms with Crippen molar-refractivity contribution in [2.24, 2.45) is 0 Å². The van der Waals surface area contributed by atoms with Crippen LogP contribution < -0.4 is 15.4 Å². The number of rotatable bonds is 10. The number of aromatic nitrogens is 3. The molecule has 2 N–H and O–H groups in total. The van der Waals surface area contributed by atoms with Gasteiger partial charge in [0.25, 0.3) is 0 Å².